The predicted octanol–water partition coefficient (Wildman–Crippen LogP) is 0.982. The highest BCUT2D eigenvalue weighted by Gasteiger charge is 2.19. The van der Waals surface area contributed by atoms with Crippen molar-refractivity contribution in [2.75, 3.05) is 19.7 Å². The van der Waals surface area contributed by atoms with E-state index in [2.05, 4.69) is 10.3 Å². The van der Waals surface area contributed by atoms with Crippen LogP contribution in [-0.4, -0.2) is 36.8 Å². The summed E-state index contributed by atoms with van der Waals surface area (Å²) in [5, 5.41) is 3.24. The molecule has 1 N–H and O–H groups in total. The van der Waals surface area contributed by atoms with Crippen LogP contribution in [0.15, 0.2) is 10.7 Å². The third kappa shape index (κ3) is 3.20. The number of hydrogen-bond donors (Lipinski definition) is 1. The number of ether oxygens (including phenoxy) is 2. The number of piperidine rings is 1. The number of rotatable bonds is 4. The zero-order valence-electron chi connectivity index (χ0n) is 9.77. The molecule has 0 saturated carbocycles. The zero-order chi connectivity index (χ0) is 12.1. The zero-order valence-corrected chi connectivity index (χ0v) is 9.77. The first-order valence-corrected chi connectivity index (χ1v) is 5.79. The van der Waals surface area contributed by atoms with Crippen LogP contribution < -0.4 is 10.1 Å². The van der Waals surface area contributed by atoms with Crippen molar-refractivity contribution < 1.29 is 18.7 Å². The topological polar surface area (TPSA) is 73.6 Å². The molecule has 17 heavy (non-hydrogen) atoms. The van der Waals surface area contributed by atoms with Crippen molar-refractivity contribution in [2.24, 2.45) is 0 Å². The van der Waals surface area contributed by atoms with Crippen LogP contribution in [0.4, 0.5) is 0 Å². The molecule has 94 valence electrons. The molecule has 6 heteroatoms. The Bertz CT molecular complexity index is 371. The summed E-state index contributed by atoms with van der Waals surface area (Å²) in [6.07, 6.45) is 3.33. The standard InChI is InChI=1S/C11H16N2O4/c1-2-15-10(14)9-7-16-11(13-9)17-8-3-5-12-6-4-8/h7-8,12H,2-6H2,1H3. The van der Waals surface area contributed by atoms with Gasteiger partial charge < -0.3 is 19.2 Å². The highest BCUT2D eigenvalue weighted by atomic mass is 16.6. The van der Waals surface area contributed by atoms with Gasteiger partial charge >= 0.3 is 12.0 Å². The predicted molar refractivity (Wildman–Crippen MR) is 59.0 cm³/mol. The summed E-state index contributed by atoms with van der Waals surface area (Å²) in [5.74, 6) is -0.489. The normalized spacial score (nSPS) is 16.8. The molecule has 0 bridgehead atoms. The van der Waals surface area contributed by atoms with Crippen molar-refractivity contribution in [1.29, 1.82) is 0 Å². The van der Waals surface area contributed by atoms with E-state index in [1.807, 2.05) is 0 Å². The minimum absolute atomic E-state index is 0.102. The third-order valence-corrected chi connectivity index (χ3v) is 2.52. The van der Waals surface area contributed by atoms with E-state index in [4.69, 9.17) is 13.9 Å². The maximum atomic E-state index is 11.3. The first-order valence-electron chi connectivity index (χ1n) is 5.79. The van der Waals surface area contributed by atoms with Crippen LogP contribution in [0.5, 0.6) is 6.08 Å². The lowest BCUT2D eigenvalue weighted by atomic mass is 10.1. The number of nitrogens with zero attached hydrogens (tertiary/aromatic N) is 1. The number of hydrogen-bond acceptors (Lipinski definition) is 6. The van der Waals surface area contributed by atoms with Gasteiger partial charge in [0.15, 0.2) is 5.69 Å². The second-order valence-corrected chi connectivity index (χ2v) is 3.79. The fourth-order valence-corrected chi connectivity index (χ4v) is 1.67. The summed E-state index contributed by atoms with van der Waals surface area (Å²) in [5.41, 5.74) is 0.149. The molecule has 6 nitrogen and oxygen atoms in total. The van der Waals surface area contributed by atoms with Crippen LogP contribution in [0.1, 0.15) is 30.3 Å². The fourth-order valence-electron chi connectivity index (χ4n) is 1.67. The summed E-state index contributed by atoms with van der Waals surface area (Å²) in [4.78, 5) is 15.3. The maximum absolute atomic E-state index is 11.3. The van der Waals surface area contributed by atoms with Crippen LogP contribution in [0, 0.1) is 0 Å². The number of carbonyl (C=O) groups is 1. The second kappa shape index (κ2) is 5.67. The number of aromatic nitrogens is 1. The average molecular weight is 240 g/mol. The molecule has 0 spiro atoms. The van der Waals surface area contributed by atoms with E-state index in [9.17, 15) is 4.79 Å². The van der Waals surface area contributed by atoms with E-state index in [0.717, 1.165) is 25.9 Å². The molecule has 1 aromatic rings. The molecule has 0 atom stereocenters. The van der Waals surface area contributed by atoms with Gasteiger partial charge in [0, 0.05) is 0 Å². The minimum atomic E-state index is -0.489. The van der Waals surface area contributed by atoms with E-state index in [0.29, 0.717) is 6.61 Å². The summed E-state index contributed by atoms with van der Waals surface area (Å²) in [7, 11) is 0. The van der Waals surface area contributed by atoms with Crippen molar-refractivity contribution in [2.45, 2.75) is 25.9 Å². The van der Waals surface area contributed by atoms with Gasteiger partial charge in [0.25, 0.3) is 0 Å². The van der Waals surface area contributed by atoms with E-state index >= 15 is 0 Å². The largest absolute Gasteiger partial charge is 0.461 e. The smallest absolute Gasteiger partial charge is 0.394 e. The van der Waals surface area contributed by atoms with Crippen molar-refractivity contribution in [3.63, 3.8) is 0 Å². The van der Waals surface area contributed by atoms with Gasteiger partial charge in [-0.25, -0.2) is 4.79 Å². The van der Waals surface area contributed by atoms with Crippen LogP contribution in [0.2, 0.25) is 0 Å². The SMILES string of the molecule is CCOC(=O)c1coc(OC2CCNCC2)n1. The number of oxazole rings is 1. The molecule has 1 aliphatic rings. The Morgan fingerprint density at radius 3 is 3.06 bits per heavy atom. The molecule has 1 saturated heterocycles. The van der Waals surface area contributed by atoms with Gasteiger partial charge in [-0.1, -0.05) is 0 Å². The lowest BCUT2D eigenvalue weighted by molar-refractivity contribution is 0.0518. The molecular formula is C11H16N2O4. The van der Waals surface area contributed by atoms with E-state index in [1.54, 1.807) is 6.92 Å². The Balaban J connectivity index is 1.91. The fraction of sp³-hybridized carbons (Fsp3) is 0.636. The second-order valence-electron chi connectivity index (χ2n) is 3.79. The third-order valence-electron chi connectivity index (χ3n) is 2.52. The Morgan fingerprint density at radius 1 is 1.59 bits per heavy atom. The Morgan fingerprint density at radius 2 is 2.35 bits per heavy atom. The van der Waals surface area contributed by atoms with Crippen molar-refractivity contribution in [1.82, 2.24) is 10.3 Å². The molecule has 2 rings (SSSR count). The maximum Gasteiger partial charge on any atom is 0.394 e. The van der Waals surface area contributed by atoms with Crippen LogP contribution >= 0.6 is 0 Å². The number of esters is 1. The van der Waals surface area contributed by atoms with Gasteiger partial charge in [-0.05, 0) is 32.9 Å². The van der Waals surface area contributed by atoms with Gasteiger partial charge in [-0.15, -0.1) is 0 Å². The van der Waals surface area contributed by atoms with Gasteiger partial charge in [0.05, 0.1) is 6.61 Å². The summed E-state index contributed by atoms with van der Waals surface area (Å²) in [6, 6.07) is 0. The van der Waals surface area contributed by atoms with E-state index in [1.165, 1.54) is 6.26 Å². The molecule has 0 aromatic carbocycles. The van der Waals surface area contributed by atoms with Gasteiger partial charge in [-0.3, -0.25) is 0 Å². The average Bonchev–Trinajstić information content (AvgIpc) is 2.79. The Kier molecular flexibility index (Phi) is 3.98. The summed E-state index contributed by atoms with van der Waals surface area (Å²) in [6.45, 7) is 3.91. The molecule has 2 heterocycles. The van der Waals surface area contributed by atoms with Gasteiger partial charge in [-0.2, -0.15) is 4.98 Å². The van der Waals surface area contributed by atoms with Crippen LogP contribution in [0.3, 0.4) is 0 Å². The van der Waals surface area contributed by atoms with Gasteiger partial charge in [0.2, 0.25) is 0 Å². The number of nitrogens with one attached hydrogen (secondary N) is 1. The first-order chi connectivity index (χ1) is 8.29. The molecule has 1 aromatic heterocycles. The quantitative estimate of drug-likeness (QED) is 0.791. The van der Waals surface area contributed by atoms with Crippen molar-refractivity contribution >= 4 is 5.97 Å². The monoisotopic (exact) mass is 240 g/mol. The highest BCUT2D eigenvalue weighted by molar-refractivity contribution is 5.86. The molecular weight excluding hydrogens is 224 g/mol. The first kappa shape index (κ1) is 11.9. The summed E-state index contributed by atoms with van der Waals surface area (Å²) >= 11 is 0. The molecule has 0 radical (unpaired) electrons. The van der Waals surface area contributed by atoms with Crippen LogP contribution in [-0.2, 0) is 4.74 Å². The van der Waals surface area contributed by atoms with Crippen molar-refractivity contribution in [3.05, 3.63) is 12.0 Å². The molecule has 1 fully saturated rings. The molecule has 1 aliphatic heterocycles. The lowest BCUT2D eigenvalue weighted by Gasteiger charge is -2.21. The summed E-state index contributed by atoms with van der Waals surface area (Å²) < 4.78 is 15.4. The molecule has 0 aliphatic carbocycles. The van der Waals surface area contributed by atoms with Gasteiger partial charge in [0.1, 0.15) is 12.4 Å². The van der Waals surface area contributed by atoms with E-state index < -0.39 is 5.97 Å². The van der Waals surface area contributed by atoms with Crippen LogP contribution in [0.25, 0.3) is 0 Å². The molecule has 0 amide bonds. The van der Waals surface area contributed by atoms with E-state index in [-0.39, 0.29) is 17.9 Å². The lowest BCUT2D eigenvalue weighted by Crippen LogP contribution is -2.34. The number of carbonyl (C=O) groups excluding carboxylic acids is 1. The minimum Gasteiger partial charge on any atom is -0.461 e. The Hall–Kier alpha value is -1.56. The Labute approximate surface area is 99.3 Å². The highest BCUT2D eigenvalue weighted by Crippen LogP contribution is 2.16. The molecule has 0 unspecified atom stereocenters. The van der Waals surface area contributed by atoms with Crippen molar-refractivity contribution in [3.8, 4) is 6.08 Å².